The third-order valence-corrected chi connectivity index (χ3v) is 7.92. The van der Waals surface area contributed by atoms with Crippen molar-refractivity contribution in [2.75, 3.05) is 50.6 Å². The molecule has 0 aliphatic carbocycles. The first-order valence-electron chi connectivity index (χ1n) is 12.6. The van der Waals surface area contributed by atoms with Crippen molar-refractivity contribution in [3.63, 3.8) is 0 Å². The van der Waals surface area contributed by atoms with E-state index in [0.717, 1.165) is 20.3 Å². The summed E-state index contributed by atoms with van der Waals surface area (Å²) in [6, 6.07) is 13.5. The summed E-state index contributed by atoms with van der Waals surface area (Å²) in [5, 5.41) is 3.88. The molecule has 5 rings (SSSR count). The largest absolute Gasteiger partial charge is 0.497 e. The summed E-state index contributed by atoms with van der Waals surface area (Å²) in [5.41, 5.74) is 1.77. The van der Waals surface area contributed by atoms with Gasteiger partial charge in [0.15, 0.2) is 16.3 Å². The third kappa shape index (κ3) is 5.30. The number of imidazole rings is 1. The molecule has 2 aromatic heterocycles. The van der Waals surface area contributed by atoms with Crippen LogP contribution in [0.1, 0.15) is 5.56 Å². The second-order valence-electron chi connectivity index (χ2n) is 9.51. The predicted octanol–water partition coefficient (Wildman–Crippen LogP) is 2.78. The number of aromatic nitrogens is 4. The van der Waals surface area contributed by atoms with Crippen molar-refractivity contribution in [3.05, 3.63) is 73.3 Å². The molecule has 210 valence electrons. The van der Waals surface area contributed by atoms with Crippen LogP contribution in [0.15, 0.2) is 56.5 Å². The minimum atomic E-state index is -0.409. The van der Waals surface area contributed by atoms with Crippen LogP contribution in [-0.4, -0.2) is 69.1 Å². The Kier molecular flexibility index (Phi) is 7.86. The molecule has 2 aromatic carbocycles. The molecule has 0 radical (unpaired) electrons. The van der Waals surface area contributed by atoms with Crippen molar-refractivity contribution in [1.82, 2.24) is 23.6 Å². The van der Waals surface area contributed by atoms with Gasteiger partial charge in [-0.05, 0) is 29.9 Å². The number of methoxy groups -OCH3 is 2. The highest BCUT2D eigenvalue weighted by Gasteiger charge is 2.26. The van der Waals surface area contributed by atoms with Crippen molar-refractivity contribution in [1.29, 1.82) is 0 Å². The normalized spacial score (nSPS) is 13.5. The topological polar surface area (TPSA) is 98.8 Å². The SMILES string of the molecule is COc1cc(NC(=S)N2CCN(c3nc4c(c(=O)n(C)c(=O)n4C)n3Cc3ccc(Br)cc3)CC2)cc(OC)c1. The van der Waals surface area contributed by atoms with E-state index in [9.17, 15) is 9.59 Å². The number of benzene rings is 2. The summed E-state index contributed by atoms with van der Waals surface area (Å²) in [6.45, 7) is 2.98. The van der Waals surface area contributed by atoms with Gasteiger partial charge < -0.3 is 24.6 Å². The molecule has 13 heteroatoms. The number of piperazine rings is 1. The number of anilines is 2. The van der Waals surface area contributed by atoms with Crippen molar-refractivity contribution in [2.45, 2.75) is 6.54 Å². The van der Waals surface area contributed by atoms with Crippen LogP contribution in [0, 0.1) is 0 Å². The average molecular weight is 629 g/mol. The maximum Gasteiger partial charge on any atom is 0.332 e. The number of aryl methyl sites for hydroxylation is 1. The van der Waals surface area contributed by atoms with Crippen LogP contribution in [0.2, 0.25) is 0 Å². The van der Waals surface area contributed by atoms with Gasteiger partial charge in [0.25, 0.3) is 5.56 Å². The molecular weight excluding hydrogens is 598 g/mol. The Hall–Kier alpha value is -3.84. The van der Waals surface area contributed by atoms with Crippen molar-refractivity contribution < 1.29 is 9.47 Å². The Bertz CT molecular complexity index is 1670. The fourth-order valence-electron chi connectivity index (χ4n) is 4.79. The fourth-order valence-corrected chi connectivity index (χ4v) is 5.36. The van der Waals surface area contributed by atoms with Crippen LogP contribution in [0.4, 0.5) is 11.6 Å². The molecule has 0 spiro atoms. The molecule has 1 aliphatic heterocycles. The van der Waals surface area contributed by atoms with Gasteiger partial charge in [-0.2, -0.15) is 4.98 Å². The lowest BCUT2D eigenvalue weighted by molar-refractivity contribution is 0.386. The van der Waals surface area contributed by atoms with E-state index in [1.807, 2.05) is 41.0 Å². The molecule has 0 unspecified atom stereocenters. The van der Waals surface area contributed by atoms with Gasteiger partial charge in [-0.1, -0.05) is 28.1 Å². The molecule has 1 N–H and O–H groups in total. The number of thiocarbonyl (C=S) groups is 1. The Morgan fingerprint density at radius 2 is 1.60 bits per heavy atom. The van der Waals surface area contributed by atoms with E-state index in [1.165, 1.54) is 11.6 Å². The van der Waals surface area contributed by atoms with Crippen LogP contribution >= 0.6 is 28.1 Å². The molecule has 1 saturated heterocycles. The molecule has 0 atom stereocenters. The van der Waals surface area contributed by atoms with Gasteiger partial charge >= 0.3 is 5.69 Å². The highest BCUT2D eigenvalue weighted by molar-refractivity contribution is 9.10. The van der Waals surface area contributed by atoms with Gasteiger partial charge in [0.2, 0.25) is 5.95 Å². The Labute approximate surface area is 244 Å². The number of hydrogen-bond acceptors (Lipinski definition) is 7. The highest BCUT2D eigenvalue weighted by atomic mass is 79.9. The van der Waals surface area contributed by atoms with E-state index in [1.54, 1.807) is 27.3 Å². The van der Waals surface area contributed by atoms with Crippen LogP contribution in [0.3, 0.4) is 0 Å². The number of hydrogen-bond donors (Lipinski definition) is 1. The summed E-state index contributed by atoms with van der Waals surface area (Å²) in [5.74, 6) is 1.98. The quantitative estimate of drug-likeness (QED) is 0.324. The number of fused-ring (bicyclic) bond motifs is 1. The van der Waals surface area contributed by atoms with Crippen molar-refractivity contribution >= 4 is 56.1 Å². The lowest BCUT2D eigenvalue weighted by Gasteiger charge is -2.36. The van der Waals surface area contributed by atoms with Gasteiger partial charge in [0, 0.05) is 68.6 Å². The number of nitrogens with one attached hydrogen (secondary N) is 1. The fraction of sp³-hybridized carbons (Fsp3) is 0.333. The van der Waals surface area contributed by atoms with Crippen LogP contribution in [0.25, 0.3) is 11.2 Å². The Balaban J connectivity index is 1.41. The molecular formula is C27H30BrN7O4S. The second kappa shape index (κ2) is 11.3. The maximum absolute atomic E-state index is 13.3. The van der Waals surface area contributed by atoms with Gasteiger partial charge in [0.1, 0.15) is 11.5 Å². The van der Waals surface area contributed by atoms with Crippen LogP contribution < -0.4 is 30.9 Å². The summed E-state index contributed by atoms with van der Waals surface area (Å²) >= 11 is 9.20. The molecule has 1 aliphatic rings. The van der Waals surface area contributed by atoms with Gasteiger partial charge in [-0.3, -0.25) is 18.5 Å². The van der Waals surface area contributed by atoms with E-state index in [-0.39, 0.29) is 5.56 Å². The first kappa shape index (κ1) is 27.7. The highest BCUT2D eigenvalue weighted by Crippen LogP contribution is 2.27. The van der Waals surface area contributed by atoms with E-state index < -0.39 is 5.69 Å². The zero-order valence-electron chi connectivity index (χ0n) is 22.7. The van der Waals surface area contributed by atoms with Crippen molar-refractivity contribution in [3.8, 4) is 11.5 Å². The summed E-state index contributed by atoms with van der Waals surface area (Å²) < 4.78 is 16.2. The van der Waals surface area contributed by atoms with E-state index in [0.29, 0.717) is 66.4 Å². The Morgan fingerprint density at radius 1 is 0.975 bits per heavy atom. The number of ether oxygens (including phenoxy) is 2. The lowest BCUT2D eigenvalue weighted by Crippen LogP contribution is -2.50. The van der Waals surface area contributed by atoms with Gasteiger partial charge in [0.05, 0.1) is 20.8 Å². The van der Waals surface area contributed by atoms with E-state index >= 15 is 0 Å². The molecule has 40 heavy (non-hydrogen) atoms. The number of rotatable bonds is 6. The molecule has 3 heterocycles. The average Bonchev–Trinajstić information content (AvgIpc) is 3.35. The Morgan fingerprint density at radius 3 is 2.20 bits per heavy atom. The minimum Gasteiger partial charge on any atom is -0.497 e. The zero-order valence-corrected chi connectivity index (χ0v) is 25.1. The van der Waals surface area contributed by atoms with Crippen LogP contribution in [-0.2, 0) is 20.6 Å². The maximum atomic E-state index is 13.3. The summed E-state index contributed by atoms with van der Waals surface area (Å²) in [4.78, 5) is 35.0. The molecule has 0 saturated carbocycles. The molecule has 0 amide bonds. The van der Waals surface area contributed by atoms with Crippen LogP contribution in [0.5, 0.6) is 11.5 Å². The molecule has 0 bridgehead atoms. The molecule has 4 aromatic rings. The summed E-state index contributed by atoms with van der Waals surface area (Å²) in [7, 11) is 6.34. The lowest BCUT2D eigenvalue weighted by atomic mass is 10.2. The predicted molar refractivity (Wildman–Crippen MR) is 163 cm³/mol. The number of nitrogens with zero attached hydrogens (tertiary/aromatic N) is 6. The molecule has 1 fully saturated rings. The van der Waals surface area contributed by atoms with Gasteiger partial charge in [-0.25, -0.2) is 4.79 Å². The summed E-state index contributed by atoms with van der Waals surface area (Å²) in [6.07, 6.45) is 0. The second-order valence-corrected chi connectivity index (χ2v) is 10.8. The smallest absolute Gasteiger partial charge is 0.332 e. The first-order chi connectivity index (χ1) is 19.2. The first-order valence-corrected chi connectivity index (χ1v) is 13.8. The van der Waals surface area contributed by atoms with E-state index in [2.05, 4.69) is 31.0 Å². The van der Waals surface area contributed by atoms with E-state index in [4.69, 9.17) is 26.7 Å². The third-order valence-electron chi connectivity index (χ3n) is 7.03. The van der Waals surface area contributed by atoms with Crippen molar-refractivity contribution in [2.24, 2.45) is 14.1 Å². The number of halogens is 1. The minimum absolute atomic E-state index is 0.367. The standard InChI is InChI=1S/C27H30BrN7O4S/c1-31-23-22(24(36)32(2)27(31)37)35(16-17-5-7-18(28)8-6-17)25(30-23)33-9-11-34(12-10-33)26(40)29-19-13-20(38-3)15-21(14-19)39-4/h5-8,13-15H,9-12,16H2,1-4H3,(H,29,40). The molecule has 11 nitrogen and oxygen atoms in total. The zero-order chi connectivity index (χ0) is 28.6. The monoisotopic (exact) mass is 627 g/mol. The van der Waals surface area contributed by atoms with Gasteiger partial charge in [-0.15, -0.1) is 0 Å².